The quantitative estimate of drug-likeness (QED) is 0.792. The van der Waals surface area contributed by atoms with E-state index in [1.54, 1.807) is 0 Å². The summed E-state index contributed by atoms with van der Waals surface area (Å²) in [7, 11) is 2.15. The summed E-state index contributed by atoms with van der Waals surface area (Å²) in [6.07, 6.45) is 4.51. The molecule has 4 saturated heterocycles. The van der Waals surface area contributed by atoms with Gasteiger partial charge in [-0.2, -0.15) is 0 Å². The molecule has 1 amide bonds. The van der Waals surface area contributed by atoms with Gasteiger partial charge >= 0.3 is 0 Å². The lowest BCUT2D eigenvalue weighted by Crippen LogP contribution is -2.57. The molecule has 5 heterocycles. The molecule has 0 saturated carbocycles. The van der Waals surface area contributed by atoms with Crippen molar-refractivity contribution in [3.63, 3.8) is 0 Å². The molecule has 0 aliphatic carbocycles. The van der Waals surface area contributed by atoms with Crippen molar-refractivity contribution in [1.29, 1.82) is 0 Å². The van der Waals surface area contributed by atoms with Crippen molar-refractivity contribution in [3.8, 4) is 0 Å². The lowest BCUT2D eigenvalue weighted by Gasteiger charge is -2.44. The lowest BCUT2D eigenvalue weighted by molar-refractivity contribution is 0.0621. The molecule has 1 atom stereocenters. The van der Waals surface area contributed by atoms with Gasteiger partial charge in [0.1, 0.15) is 5.52 Å². The average molecular weight is 441 g/mol. The fourth-order valence-electron chi connectivity index (χ4n) is 4.95. The van der Waals surface area contributed by atoms with Crippen LogP contribution in [0.5, 0.6) is 0 Å². The number of halogens is 2. The number of aromatic nitrogens is 1. The molecule has 8 heteroatoms. The van der Waals surface area contributed by atoms with E-state index in [0.717, 1.165) is 43.9 Å². The minimum Gasteiger partial charge on any atom is -0.440 e. The third kappa shape index (κ3) is 4.41. The lowest BCUT2D eigenvalue weighted by atomic mass is 9.84. The summed E-state index contributed by atoms with van der Waals surface area (Å²) in [5.74, 6) is 1.75. The second-order valence-electron chi connectivity index (χ2n) is 8.50. The van der Waals surface area contributed by atoms with Crippen LogP contribution in [-0.4, -0.2) is 66.5 Å². The summed E-state index contributed by atoms with van der Waals surface area (Å²) in [5.41, 5.74) is 2.09. The molecule has 0 radical (unpaired) electrons. The van der Waals surface area contributed by atoms with Crippen molar-refractivity contribution in [2.45, 2.75) is 37.6 Å². The summed E-state index contributed by atoms with van der Waals surface area (Å²) in [6.45, 7) is 5.46. The van der Waals surface area contributed by atoms with Crippen molar-refractivity contribution in [1.82, 2.24) is 20.1 Å². The zero-order valence-corrected chi connectivity index (χ0v) is 18.4. The summed E-state index contributed by atoms with van der Waals surface area (Å²) in [6, 6.07) is 5.96. The Morgan fingerprint density at radius 2 is 1.83 bits per heavy atom. The van der Waals surface area contributed by atoms with Crippen LogP contribution in [0.15, 0.2) is 22.6 Å². The molecule has 4 aliphatic rings. The van der Waals surface area contributed by atoms with E-state index in [0.29, 0.717) is 22.9 Å². The van der Waals surface area contributed by atoms with Crippen molar-refractivity contribution < 1.29 is 9.21 Å². The number of oxazole rings is 1. The normalized spacial score (nSPS) is 27.3. The van der Waals surface area contributed by atoms with Crippen LogP contribution in [-0.2, 0) is 0 Å². The van der Waals surface area contributed by atoms with Gasteiger partial charge in [-0.15, -0.1) is 24.8 Å². The number of carbonyl (C=O) groups is 1. The molecular weight excluding hydrogens is 411 g/mol. The van der Waals surface area contributed by atoms with Gasteiger partial charge in [0, 0.05) is 18.5 Å². The number of rotatable bonds is 3. The first kappa shape index (κ1) is 22.3. The van der Waals surface area contributed by atoms with E-state index < -0.39 is 0 Å². The van der Waals surface area contributed by atoms with Crippen LogP contribution < -0.4 is 5.32 Å². The van der Waals surface area contributed by atoms with Crippen molar-refractivity contribution in [2.75, 3.05) is 39.8 Å². The Bertz CT molecular complexity index is 842. The summed E-state index contributed by atoms with van der Waals surface area (Å²) >= 11 is 0. The van der Waals surface area contributed by atoms with E-state index in [1.807, 2.05) is 18.2 Å². The average Bonchev–Trinajstić information content (AvgIpc) is 3.13. The van der Waals surface area contributed by atoms with Crippen molar-refractivity contribution in [2.24, 2.45) is 5.92 Å². The van der Waals surface area contributed by atoms with E-state index in [-0.39, 0.29) is 36.8 Å². The van der Waals surface area contributed by atoms with Gasteiger partial charge in [0.05, 0.1) is 5.56 Å². The highest BCUT2D eigenvalue weighted by Crippen LogP contribution is 2.31. The number of piperidine rings is 4. The Labute approximate surface area is 184 Å². The Balaban J connectivity index is 0.00000120. The molecular formula is C21H30Cl2N4O2. The van der Waals surface area contributed by atoms with Gasteiger partial charge in [0.25, 0.3) is 5.91 Å². The number of fused-ring (bicyclic) bond motifs is 4. The zero-order chi connectivity index (χ0) is 18.4. The number of para-hydroxylation sites is 1. The highest BCUT2D eigenvalue weighted by Gasteiger charge is 2.35. The van der Waals surface area contributed by atoms with E-state index in [1.165, 1.54) is 25.9 Å². The Morgan fingerprint density at radius 3 is 2.48 bits per heavy atom. The van der Waals surface area contributed by atoms with Crippen molar-refractivity contribution >= 4 is 41.8 Å². The zero-order valence-electron chi connectivity index (χ0n) is 16.8. The van der Waals surface area contributed by atoms with Crippen LogP contribution in [0.4, 0.5) is 0 Å². The maximum absolute atomic E-state index is 13.0. The largest absolute Gasteiger partial charge is 0.440 e. The monoisotopic (exact) mass is 440 g/mol. The molecule has 160 valence electrons. The molecule has 2 bridgehead atoms. The third-order valence-corrected chi connectivity index (χ3v) is 6.72. The molecule has 6 nitrogen and oxygen atoms in total. The number of hydrogen-bond acceptors (Lipinski definition) is 5. The molecule has 6 rings (SSSR count). The first-order valence-corrected chi connectivity index (χ1v) is 10.3. The maximum Gasteiger partial charge on any atom is 0.253 e. The maximum atomic E-state index is 13.0. The van der Waals surface area contributed by atoms with Crippen LogP contribution >= 0.6 is 24.8 Å². The molecule has 2 aromatic rings. The molecule has 1 unspecified atom stereocenters. The fourth-order valence-corrected chi connectivity index (χ4v) is 4.95. The number of benzene rings is 1. The Morgan fingerprint density at radius 1 is 1.10 bits per heavy atom. The van der Waals surface area contributed by atoms with Gasteiger partial charge in [0.15, 0.2) is 11.5 Å². The van der Waals surface area contributed by atoms with E-state index in [4.69, 9.17) is 9.40 Å². The van der Waals surface area contributed by atoms with Gasteiger partial charge in [-0.05, 0) is 77.0 Å². The number of nitrogens with zero attached hydrogens (tertiary/aromatic N) is 3. The first-order valence-electron chi connectivity index (χ1n) is 10.3. The van der Waals surface area contributed by atoms with Gasteiger partial charge in [-0.3, -0.25) is 4.79 Å². The number of carbonyl (C=O) groups excluding carboxylic acids is 1. The van der Waals surface area contributed by atoms with E-state index in [9.17, 15) is 4.79 Å². The number of nitrogens with one attached hydrogen (secondary N) is 1. The van der Waals surface area contributed by atoms with Crippen LogP contribution in [0, 0.1) is 5.92 Å². The third-order valence-electron chi connectivity index (χ3n) is 6.72. The number of amides is 1. The van der Waals surface area contributed by atoms with Crippen LogP contribution in [0.25, 0.3) is 11.1 Å². The van der Waals surface area contributed by atoms with Crippen LogP contribution in [0.2, 0.25) is 0 Å². The minimum atomic E-state index is -0.0115. The molecule has 4 fully saturated rings. The highest BCUT2D eigenvalue weighted by atomic mass is 35.5. The van der Waals surface area contributed by atoms with E-state index in [2.05, 4.69) is 22.2 Å². The smallest absolute Gasteiger partial charge is 0.253 e. The number of hydrogen-bond donors (Lipinski definition) is 1. The van der Waals surface area contributed by atoms with Gasteiger partial charge in [-0.25, -0.2) is 4.98 Å². The highest BCUT2D eigenvalue weighted by molar-refractivity contribution is 6.04. The second-order valence-corrected chi connectivity index (χ2v) is 8.50. The standard InChI is InChI=1S/C21H28N4O2.2ClH/c1-24-9-5-15(6-10-24)21-23-19-16(3-2-4-18(19)27-21)20(26)22-17-13-25-11-7-14(17)8-12-25;;/h2-4,14-15,17H,5-13H2,1H3,(H,22,26);2*1H. The summed E-state index contributed by atoms with van der Waals surface area (Å²) in [4.78, 5) is 22.6. The molecule has 4 aliphatic heterocycles. The van der Waals surface area contributed by atoms with Gasteiger partial charge in [-0.1, -0.05) is 6.07 Å². The number of likely N-dealkylation sites (tertiary alicyclic amines) is 1. The van der Waals surface area contributed by atoms with Crippen LogP contribution in [0.1, 0.15) is 47.8 Å². The predicted molar refractivity (Wildman–Crippen MR) is 118 cm³/mol. The van der Waals surface area contributed by atoms with E-state index >= 15 is 0 Å². The Kier molecular flexibility index (Phi) is 7.10. The minimum absolute atomic E-state index is 0. The first-order chi connectivity index (χ1) is 13.2. The molecule has 1 N–H and O–H groups in total. The second kappa shape index (κ2) is 9.21. The summed E-state index contributed by atoms with van der Waals surface area (Å²) < 4.78 is 6.06. The topological polar surface area (TPSA) is 61.6 Å². The predicted octanol–water partition coefficient (Wildman–Crippen LogP) is 3.30. The summed E-state index contributed by atoms with van der Waals surface area (Å²) in [5, 5.41) is 3.28. The van der Waals surface area contributed by atoms with Crippen molar-refractivity contribution in [3.05, 3.63) is 29.7 Å². The van der Waals surface area contributed by atoms with Crippen LogP contribution in [0.3, 0.4) is 0 Å². The molecule has 0 spiro atoms. The molecule has 29 heavy (non-hydrogen) atoms. The molecule has 1 aromatic carbocycles. The van der Waals surface area contributed by atoms with Gasteiger partial charge < -0.3 is 19.5 Å². The SMILES string of the molecule is CN1CCC(c2nc3c(C(=O)NC4CN5CCC4CC5)cccc3o2)CC1.Cl.Cl. The van der Waals surface area contributed by atoms with Gasteiger partial charge in [0.2, 0.25) is 0 Å². The molecule has 1 aromatic heterocycles. The fraction of sp³-hybridized carbons (Fsp3) is 0.619. The Hall–Kier alpha value is -1.34.